The number of hydrogen-bond acceptors (Lipinski definition) is 4. The van der Waals surface area contributed by atoms with Gasteiger partial charge in [-0.3, -0.25) is 14.6 Å². The zero-order valence-corrected chi connectivity index (χ0v) is 19.0. The lowest BCUT2D eigenvalue weighted by atomic mass is 10.0. The predicted molar refractivity (Wildman–Crippen MR) is 134 cm³/mol. The number of fused-ring (bicyclic) bond motifs is 2. The maximum Gasteiger partial charge on any atom is 0.253 e. The van der Waals surface area contributed by atoms with E-state index in [2.05, 4.69) is 33.1 Å². The number of carbonyl (C=O) groups is 2. The molecular formula is C28H26N4O2. The third-order valence-corrected chi connectivity index (χ3v) is 6.34. The summed E-state index contributed by atoms with van der Waals surface area (Å²) in [6.07, 6.45) is 4.06. The van der Waals surface area contributed by atoms with Crippen molar-refractivity contribution in [2.75, 3.05) is 18.4 Å². The number of pyridine rings is 1. The number of nitrogens with one attached hydrogen (secondary N) is 3. The van der Waals surface area contributed by atoms with Gasteiger partial charge in [0.1, 0.15) is 0 Å². The SMILES string of the molecule is Cc1ccncc1C(=O)NC(CNC(=O)c1cccc2c1CCN2)c1ccc2ccccc2c1. The number of anilines is 1. The number of nitrogens with zero attached hydrogens (tertiary/aromatic N) is 1. The van der Waals surface area contributed by atoms with Crippen molar-refractivity contribution in [2.24, 2.45) is 0 Å². The monoisotopic (exact) mass is 450 g/mol. The van der Waals surface area contributed by atoms with Crippen molar-refractivity contribution in [3.05, 3.63) is 107 Å². The molecule has 1 aromatic heterocycles. The number of aromatic nitrogens is 1. The minimum Gasteiger partial charge on any atom is -0.384 e. The summed E-state index contributed by atoms with van der Waals surface area (Å²) in [5, 5.41) is 11.7. The maximum absolute atomic E-state index is 13.1. The molecule has 0 bridgehead atoms. The number of hydrogen-bond donors (Lipinski definition) is 3. The molecular weight excluding hydrogens is 424 g/mol. The Morgan fingerprint density at radius 2 is 1.82 bits per heavy atom. The molecule has 5 rings (SSSR count). The van der Waals surface area contributed by atoms with Crippen molar-refractivity contribution < 1.29 is 9.59 Å². The second kappa shape index (κ2) is 9.35. The minimum absolute atomic E-state index is 0.141. The summed E-state index contributed by atoms with van der Waals surface area (Å²) in [7, 11) is 0. The first-order valence-electron chi connectivity index (χ1n) is 11.4. The first-order chi connectivity index (χ1) is 16.6. The first-order valence-corrected chi connectivity index (χ1v) is 11.4. The zero-order chi connectivity index (χ0) is 23.5. The molecule has 3 aromatic carbocycles. The Morgan fingerprint density at radius 3 is 2.68 bits per heavy atom. The van der Waals surface area contributed by atoms with Crippen molar-refractivity contribution in [3.63, 3.8) is 0 Å². The van der Waals surface area contributed by atoms with E-state index in [0.717, 1.165) is 46.1 Å². The third kappa shape index (κ3) is 4.35. The summed E-state index contributed by atoms with van der Waals surface area (Å²) in [5.41, 5.74) is 5.02. The Bertz CT molecular complexity index is 1380. The summed E-state index contributed by atoms with van der Waals surface area (Å²) in [4.78, 5) is 30.3. The molecule has 2 amide bonds. The summed E-state index contributed by atoms with van der Waals surface area (Å²) in [6, 6.07) is 21.3. The van der Waals surface area contributed by atoms with Crippen molar-refractivity contribution in [1.29, 1.82) is 0 Å². The molecule has 0 saturated heterocycles. The van der Waals surface area contributed by atoms with Gasteiger partial charge in [0.2, 0.25) is 0 Å². The van der Waals surface area contributed by atoms with Crippen LogP contribution >= 0.6 is 0 Å². The quantitative estimate of drug-likeness (QED) is 0.406. The van der Waals surface area contributed by atoms with Gasteiger partial charge in [-0.25, -0.2) is 0 Å². The van der Waals surface area contributed by atoms with Gasteiger partial charge in [0.15, 0.2) is 0 Å². The first kappa shape index (κ1) is 21.6. The van der Waals surface area contributed by atoms with Gasteiger partial charge in [-0.05, 0) is 65.1 Å². The van der Waals surface area contributed by atoms with Gasteiger partial charge >= 0.3 is 0 Å². The third-order valence-electron chi connectivity index (χ3n) is 6.34. The lowest BCUT2D eigenvalue weighted by Crippen LogP contribution is -2.38. The largest absolute Gasteiger partial charge is 0.384 e. The van der Waals surface area contributed by atoms with Crippen molar-refractivity contribution in [2.45, 2.75) is 19.4 Å². The van der Waals surface area contributed by atoms with E-state index < -0.39 is 6.04 Å². The fourth-order valence-electron chi connectivity index (χ4n) is 4.46. The molecule has 6 heteroatoms. The Balaban J connectivity index is 1.41. The molecule has 6 nitrogen and oxygen atoms in total. The average molecular weight is 451 g/mol. The van der Waals surface area contributed by atoms with Crippen LogP contribution in [-0.4, -0.2) is 29.9 Å². The van der Waals surface area contributed by atoms with E-state index in [1.807, 2.05) is 61.5 Å². The maximum atomic E-state index is 13.1. The van der Waals surface area contributed by atoms with Crippen LogP contribution in [0.25, 0.3) is 10.8 Å². The summed E-state index contributed by atoms with van der Waals surface area (Å²) in [5.74, 6) is -0.360. The van der Waals surface area contributed by atoms with E-state index in [0.29, 0.717) is 11.1 Å². The van der Waals surface area contributed by atoms with Crippen LogP contribution < -0.4 is 16.0 Å². The smallest absolute Gasteiger partial charge is 0.253 e. The van der Waals surface area contributed by atoms with Gasteiger partial charge in [0, 0.05) is 36.7 Å². The molecule has 0 saturated carbocycles. The van der Waals surface area contributed by atoms with Crippen molar-refractivity contribution in [1.82, 2.24) is 15.6 Å². The molecule has 0 spiro atoms. The molecule has 1 atom stereocenters. The molecule has 3 N–H and O–H groups in total. The highest BCUT2D eigenvalue weighted by atomic mass is 16.2. The summed E-state index contributed by atoms with van der Waals surface area (Å²) >= 11 is 0. The summed E-state index contributed by atoms with van der Waals surface area (Å²) in [6.45, 7) is 2.98. The average Bonchev–Trinajstić information content (AvgIpc) is 3.35. The molecule has 1 aliphatic heterocycles. The fraction of sp³-hybridized carbons (Fsp3) is 0.179. The van der Waals surface area contributed by atoms with Crippen LogP contribution in [0.4, 0.5) is 5.69 Å². The Labute approximate surface area is 198 Å². The lowest BCUT2D eigenvalue weighted by Gasteiger charge is -2.21. The highest BCUT2D eigenvalue weighted by molar-refractivity contribution is 5.98. The number of benzene rings is 3. The number of carbonyl (C=O) groups excluding carboxylic acids is 2. The van der Waals surface area contributed by atoms with E-state index >= 15 is 0 Å². The van der Waals surface area contributed by atoms with Gasteiger partial charge in [-0.15, -0.1) is 0 Å². The van der Waals surface area contributed by atoms with E-state index in [9.17, 15) is 9.59 Å². The van der Waals surface area contributed by atoms with Crippen LogP contribution in [0.15, 0.2) is 79.1 Å². The lowest BCUT2D eigenvalue weighted by molar-refractivity contribution is 0.0907. The van der Waals surface area contributed by atoms with Gasteiger partial charge in [-0.2, -0.15) is 0 Å². The normalized spacial score (nSPS) is 13.1. The predicted octanol–water partition coefficient (Wildman–Crippen LogP) is 4.41. The van der Waals surface area contributed by atoms with Crippen LogP contribution in [-0.2, 0) is 6.42 Å². The van der Waals surface area contributed by atoms with E-state index in [4.69, 9.17) is 0 Å². The second-order valence-electron chi connectivity index (χ2n) is 8.54. The van der Waals surface area contributed by atoms with E-state index in [-0.39, 0.29) is 18.4 Å². The summed E-state index contributed by atoms with van der Waals surface area (Å²) < 4.78 is 0. The van der Waals surface area contributed by atoms with Gasteiger partial charge < -0.3 is 16.0 Å². The highest BCUT2D eigenvalue weighted by Gasteiger charge is 2.22. The van der Waals surface area contributed by atoms with Gasteiger partial charge in [0.25, 0.3) is 11.8 Å². The van der Waals surface area contributed by atoms with E-state index in [1.54, 1.807) is 12.4 Å². The number of rotatable bonds is 6. The van der Waals surface area contributed by atoms with Crippen LogP contribution in [0.5, 0.6) is 0 Å². The zero-order valence-electron chi connectivity index (χ0n) is 19.0. The van der Waals surface area contributed by atoms with E-state index in [1.165, 1.54) is 0 Å². The Kier molecular flexibility index (Phi) is 5.95. The molecule has 0 radical (unpaired) electrons. The van der Waals surface area contributed by atoms with Crippen molar-refractivity contribution in [3.8, 4) is 0 Å². The van der Waals surface area contributed by atoms with Crippen LogP contribution in [0.3, 0.4) is 0 Å². The topological polar surface area (TPSA) is 83.1 Å². The molecule has 1 aliphatic rings. The Morgan fingerprint density at radius 1 is 0.971 bits per heavy atom. The van der Waals surface area contributed by atoms with Crippen molar-refractivity contribution >= 4 is 28.3 Å². The van der Waals surface area contributed by atoms with Gasteiger partial charge in [0.05, 0.1) is 11.6 Å². The minimum atomic E-state index is -0.407. The van der Waals surface area contributed by atoms with Crippen LogP contribution in [0, 0.1) is 6.92 Å². The molecule has 170 valence electrons. The molecule has 2 heterocycles. The highest BCUT2D eigenvalue weighted by Crippen LogP contribution is 2.26. The number of amides is 2. The van der Waals surface area contributed by atoms with Gasteiger partial charge in [-0.1, -0.05) is 42.5 Å². The number of aryl methyl sites for hydroxylation is 1. The van der Waals surface area contributed by atoms with Crippen LogP contribution in [0.1, 0.15) is 43.4 Å². The standard InChI is InChI=1S/C28H26N4O2/c1-18-11-13-29-16-24(18)28(34)32-26(21-10-9-19-5-2-3-6-20(19)15-21)17-31-27(33)23-7-4-8-25-22(23)12-14-30-25/h2-11,13,15-16,26,30H,12,14,17H2,1H3,(H,31,33)(H,32,34). The molecule has 1 unspecified atom stereocenters. The molecule has 4 aromatic rings. The second-order valence-corrected chi connectivity index (χ2v) is 8.54. The Hall–Kier alpha value is -4.19. The molecule has 0 fully saturated rings. The fourth-order valence-corrected chi connectivity index (χ4v) is 4.46. The molecule has 34 heavy (non-hydrogen) atoms. The van der Waals surface area contributed by atoms with Crippen LogP contribution in [0.2, 0.25) is 0 Å². The molecule has 0 aliphatic carbocycles.